The number of aromatic nitrogens is 1. The van der Waals surface area contributed by atoms with Crippen LogP contribution < -0.4 is 17.0 Å². The van der Waals surface area contributed by atoms with Gasteiger partial charge in [0.1, 0.15) is 12.3 Å². The first-order valence-corrected chi connectivity index (χ1v) is 12.6. The Balaban J connectivity index is 0.00000342. The lowest BCUT2D eigenvalue weighted by atomic mass is 9.73. The van der Waals surface area contributed by atoms with Gasteiger partial charge in [0.15, 0.2) is 5.60 Å². The minimum atomic E-state index is -1.17. The molecule has 4 rings (SSSR count). The van der Waals surface area contributed by atoms with Crippen LogP contribution in [0, 0.1) is 5.92 Å². The molecule has 1 fully saturated rings. The van der Waals surface area contributed by atoms with Gasteiger partial charge < -0.3 is 35.7 Å². The Morgan fingerprint density at radius 2 is 1.63 bits per heavy atom. The van der Waals surface area contributed by atoms with E-state index >= 15 is 0 Å². The number of halogens is 1. The summed E-state index contributed by atoms with van der Waals surface area (Å²) in [6.07, 6.45) is 8.09. The first kappa shape index (κ1) is 27.6. The SMILES string of the molecule is C[N+](C)(CCOCc1ccccc1)CCc1cnc(C(O)(c2ccccc2)C2CCCCC2)o1.[Br-]. The summed E-state index contributed by atoms with van der Waals surface area (Å²) in [4.78, 5) is 4.60. The van der Waals surface area contributed by atoms with Crippen LogP contribution in [-0.4, -0.2) is 48.4 Å². The zero-order chi connectivity index (χ0) is 23.9. The Kier molecular flexibility index (Phi) is 10.1. The molecule has 35 heavy (non-hydrogen) atoms. The van der Waals surface area contributed by atoms with Crippen LogP contribution in [0.25, 0.3) is 0 Å². The van der Waals surface area contributed by atoms with Crippen molar-refractivity contribution in [3.05, 3.63) is 89.6 Å². The molecule has 0 radical (unpaired) electrons. The molecule has 1 saturated carbocycles. The lowest BCUT2D eigenvalue weighted by Crippen LogP contribution is -3.00. The van der Waals surface area contributed by atoms with Crippen molar-refractivity contribution < 1.29 is 35.7 Å². The minimum absolute atomic E-state index is 0. The van der Waals surface area contributed by atoms with Crippen molar-refractivity contribution in [3.8, 4) is 0 Å². The number of quaternary nitrogens is 1. The summed E-state index contributed by atoms with van der Waals surface area (Å²) in [5.41, 5.74) is 0.906. The summed E-state index contributed by atoms with van der Waals surface area (Å²) in [7, 11) is 4.43. The van der Waals surface area contributed by atoms with E-state index in [4.69, 9.17) is 9.15 Å². The molecule has 1 aromatic heterocycles. The molecule has 1 aliphatic carbocycles. The van der Waals surface area contributed by atoms with E-state index in [0.29, 0.717) is 19.1 Å². The summed E-state index contributed by atoms with van der Waals surface area (Å²) >= 11 is 0. The number of benzene rings is 2. The topological polar surface area (TPSA) is 55.5 Å². The second-order valence-electron chi connectivity index (χ2n) is 10.3. The molecule has 0 bridgehead atoms. The summed E-state index contributed by atoms with van der Waals surface area (Å²) in [5, 5.41) is 12.0. The third kappa shape index (κ3) is 7.26. The highest BCUT2D eigenvalue weighted by Crippen LogP contribution is 2.43. The van der Waals surface area contributed by atoms with Crippen LogP contribution >= 0.6 is 0 Å². The third-order valence-electron chi connectivity index (χ3n) is 7.21. The first-order valence-electron chi connectivity index (χ1n) is 12.6. The maximum Gasteiger partial charge on any atom is 0.231 e. The van der Waals surface area contributed by atoms with Crippen LogP contribution in [-0.2, 0) is 23.4 Å². The van der Waals surface area contributed by atoms with Crippen LogP contribution in [0.15, 0.2) is 71.3 Å². The van der Waals surface area contributed by atoms with Crippen molar-refractivity contribution in [1.82, 2.24) is 4.98 Å². The molecular formula is C29H39BrN2O3. The molecule has 190 valence electrons. The van der Waals surface area contributed by atoms with Gasteiger partial charge >= 0.3 is 0 Å². The molecular weight excluding hydrogens is 504 g/mol. The molecule has 1 atom stereocenters. The van der Waals surface area contributed by atoms with Gasteiger partial charge in [-0.25, -0.2) is 4.98 Å². The van der Waals surface area contributed by atoms with E-state index in [9.17, 15) is 5.11 Å². The molecule has 2 aromatic carbocycles. The maximum atomic E-state index is 12.0. The standard InChI is InChI=1S/C29H39N2O3.BrH/c1-31(2,20-21-33-23-24-12-6-3-7-13-24)19-18-27-22-30-28(34-27)29(32,25-14-8-4-9-15-25)26-16-10-5-11-17-26;/h3-4,6-9,12-15,22,26,32H,5,10-11,16-21,23H2,1-2H3;1H/q+1;/p-1. The summed E-state index contributed by atoms with van der Waals surface area (Å²) in [6.45, 7) is 3.19. The molecule has 1 unspecified atom stereocenters. The highest BCUT2D eigenvalue weighted by molar-refractivity contribution is 5.30. The van der Waals surface area contributed by atoms with Crippen LogP contribution in [0.4, 0.5) is 0 Å². The minimum Gasteiger partial charge on any atom is -1.00 e. The fourth-order valence-electron chi connectivity index (χ4n) is 4.95. The smallest absolute Gasteiger partial charge is 0.231 e. The van der Waals surface area contributed by atoms with E-state index in [2.05, 4.69) is 31.2 Å². The highest BCUT2D eigenvalue weighted by atomic mass is 79.9. The number of rotatable bonds is 11. The van der Waals surface area contributed by atoms with Gasteiger partial charge in [0, 0.05) is 5.92 Å². The fraction of sp³-hybridized carbons (Fsp3) is 0.483. The Hall–Kier alpha value is -1.99. The maximum absolute atomic E-state index is 12.0. The second-order valence-corrected chi connectivity index (χ2v) is 10.3. The first-order chi connectivity index (χ1) is 16.5. The van der Waals surface area contributed by atoms with E-state index in [1.54, 1.807) is 6.20 Å². The van der Waals surface area contributed by atoms with Gasteiger partial charge in [-0.2, -0.15) is 0 Å². The molecule has 3 aromatic rings. The Bertz CT molecular complexity index is 1000. The number of likely N-dealkylation sites (N-methyl/N-ethyl adjacent to an activating group) is 1. The van der Waals surface area contributed by atoms with E-state index < -0.39 is 5.60 Å². The van der Waals surface area contributed by atoms with E-state index in [1.807, 2.05) is 48.5 Å². The normalized spacial score (nSPS) is 16.4. The number of hydrogen-bond acceptors (Lipinski definition) is 4. The lowest BCUT2D eigenvalue weighted by molar-refractivity contribution is -0.890. The monoisotopic (exact) mass is 542 g/mol. The molecule has 0 amide bonds. The van der Waals surface area contributed by atoms with Crippen LogP contribution in [0.5, 0.6) is 0 Å². The Labute approximate surface area is 220 Å². The van der Waals surface area contributed by atoms with E-state index in [-0.39, 0.29) is 22.9 Å². The van der Waals surface area contributed by atoms with Crippen molar-refractivity contribution >= 4 is 0 Å². The van der Waals surface area contributed by atoms with E-state index in [1.165, 1.54) is 12.0 Å². The van der Waals surface area contributed by atoms with Gasteiger partial charge in [-0.1, -0.05) is 79.9 Å². The Morgan fingerprint density at radius 1 is 0.971 bits per heavy atom. The predicted octanol–water partition coefficient (Wildman–Crippen LogP) is 2.33. The van der Waals surface area contributed by atoms with Crippen LogP contribution in [0.3, 0.4) is 0 Å². The number of hydrogen-bond donors (Lipinski definition) is 1. The largest absolute Gasteiger partial charge is 1.00 e. The number of nitrogens with zero attached hydrogens (tertiary/aromatic N) is 2. The summed E-state index contributed by atoms with van der Waals surface area (Å²) in [5.74, 6) is 1.40. The van der Waals surface area contributed by atoms with Gasteiger partial charge in [-0.15, -0.1) is 0 Å². The zero-order valence-electron chi connectivity index (χ0n) is 21.0. The van der Waals surface area contributed by atoms with Gasteiger partial charge in [0.2, 0.25) is 5.89 Å². The fourth-order valence-corrected chi connectivity index (χ4v) is 4.95. The zero-order valence-corrected chi connectivity index (χ0v) is 22.6. The summed E-state index contributed by atoms with van der Waals surface area (Å²) < 4.78 is 13.0. The molecule has 0 spiro atoms. The van der Waals surface area contributed by atoms with Crippen molar-refractivity contribution in [3.63, 3.8) is 0 Å². The summed E-state index contributed by atoms with van der Waals surface area (Å²) in [6, 6.07) is 20.2. The third-order valence-corrected chi connectivity index (χ3v) is 7.21. The molecule has 0 aliphatic heterocycles. The quantitative estimate of drug-likeness (QED) is 0.298. The molecule has 1 N–H and O–H groups in total. The van der Waals surface area contributed by atoms with E-state index in [0.717, 1.165) is 61.0 Å². The van der Waals surface area contributed by atoms with Gasteiger partial charge in [-0.3, -0.25) is 0 Å². The highest BCUT2D eigenvalue weighted by Gasteiger charge is 2.44. The number of aliphatic hydroxyl groups is 1. The van der Waals surface area contributed by atoms with Gasteiger partial charge in [-0.05, 0) is 24.0 Å². The lowest BCUT2D eigenvalue weighted by Gasteiger charge is -2.36. The number of oxazole rings is 1. The molecule has 0 saturated heterocycles. The van der Waals surface area contributed by atoms with Crippen LogP contribution in [0.2, 0.25) is 0 Å². The average Bonchev–Trinajstić information content (AvgIpc) is 3.37. The molecule has 5 nitrogen and oxygen atoms in total. The number of ether oxygens (including phenoxy) is 1. The predicted molar refractivity (Wildman–Crippen MR) is 134 cm³/mol. The molecule has 1 heterocycles. The van der Waals surface area contributed by atoms with Crippen molar-refractivity contribution in [2.45, 2.75) is 50.7 Å². The van der Waals surface area contributed by atoms with Crippen LogP contribution in [0.1, 0.15) is 54.9 Å². The van der Waals surface area contributed by atoms with Crippen molar-refractivity contribution in [1.29, 1.82) is 0 Å². The van der Waals surface area contributed by atoms with Crippen molar-refractivity contribution in [2.75, 3.05) is 33.8 Å². The van der Waals surface area contributed by atoms with Gasteiger partial charge in [0.05, 0.1) is 46.5 Å². The molecule has 6 heteroatoms. The average molecular weight is 544 g/mol. The molecule has 1 aliphatic rings. The van der Waals surface area contributed by atoms with Crippen molar-refractivity contribution in [2.24, 2.45) is 5.92 Å². The second kappa shape index (κ2) is 12.8. The van der Waals surface area contributed by atoms with Gasteiger partial charge in [0.25, 0.3) is 0 Å². The Morgan fingerprint density at radius 3 is 2.31 bits per heavy atom.